The number of carbonyl (C=O) groups is 1. The van der Waals surface area contributed by atoms with Gasteiger partial charge in [-0.2, -0.15) is 5.26 Å². The smallest absolute Gasteiger partial charge is 0.350 e. The summed E-state index contributed by atoms with van der Waals surface area (Å²) < 4.78 is 4.66. The van der Waals surface area contributed by atoms with Gasteiger partial charge in [-0.1, -0.05) is 12.8 Å². The van der Waals surface area contributed by atoms with E-state index in [9.17, 15) is 4.79 Å². The van der Waals surface area contributed by atoms with Gasteiger partial charge < -0.3 is 15.8 Å². The lowest BCUT2D eigenvalue weighted by molar-refractivity contribution is 0.0607. The van der Waals surface area contributed by atoms with Crippen LogP contribution in [0.3, 0.4) is 0 Å². The molecule has 0 amide bonds. The first kappa shape index (κ1) is 13.7. The molecule has 1 aliphatic rings. The molecule has 0 aliphatic heterocycles. The van der Waals surface area contributed by atoms with E-state index >= 15 is 0 Å². The average Bonchev–Trinajstić information content (AvgIpc) is 3.03. The van der Waals surface area contributed by atoms with Crippen LogP contribution in [0.4, 0.5) is 10.7 Å². The van der Waals surface area contributed by atoms with Crippen LogP contribution in [0.2, 0.25) is 0 Å². The highest BCUT2D eigenvalue weighted by atomic mass is 32.1. The molecule has 1 aromatic heterocycles. The number of nitrogen functional groups attached to an aromatic ring is 1. The molecule has 5 nitrogen and oxygen atoms in total. The van der Waals surface area contributed by atoms with Crippen LogP contribution in [-0.4, -0.2) is 19.6 Å². The number of nitrogens with two attached hydrogens (primary N) is 1. The van der Waals surface area contributed by atoms with E-state index in [1.807, 2.05) is 0 Å². The molecule has 1 saturated carbocycles. The number of methoxy groups -OCH3 is 1. The molecular weight excluding hydrogens is 262 g/mol. The van der Waals surface area contributed by atoms with Gasteiger partial charge >= 0.3 is 5.97 Å². The molecule has 1 aliphatic carbocycles. The molecule has 1 aromatic rings. The normalized spacial score (nSPS) is 15.2. The van der Waals surface area contributed by atoms with E-state index in [0.717, 1.165) is 6.54 Å². The van der Waals surface area contributed by atoms with Crippen molar-refractivity contribution >= 4 is 28.0 Å². The quantitative estimate of drug-likeness (QED) is 0.827. The van der Waals surface area contributed by atoms with Crippen LogP contribution in [0.25, 0.3) is 0 Å². The third kappa shape index (κ3) is 2.82. The fraction of sp³-hybridized carbons (Fsp3) is 0.538. The molecule has 0 saturated heterocycles. The number of rotatable bonds is 4. The Kier molecular flexibility index (Phi) is 4.27. The summed E-state index contributed by atoms with van der Waals surface area (Å²) in [6.07, 6.45) is 4.99. The zero-order chi connectivity index (χ0) is 13.8. The summed E-state index contributed by atoms with van der Waals surface area (Å²) in [5.41, 5.74) is 6.39. The maximum atomic E-state index is 11.5. The minimum absolute atomic E-state index is 0.216. The van der Waals surface area contributed by atoms with Crippen LogP contribution in [0, 0.1) is 17.2 Å². The van der Waals surface area contributed by atoms with E-state index in [1.54, 1.807) is 0 Å². The molecule has 1 heterocycles. The topological polar surface area (TPSA) is 88.1 Å². The number of hydrogen-bond donors (Lipinski definition) is 2. The summed E-state index contributed by atoms with van der Waals surface area (Å²) >= 11 is 1.19. The van der Waals surface area contributed by atoms with E-state index in [2.05, 4.69) is 16.1 Å². The van der Waals surface area contributed by atoms with Gasteiger partial charge in [0.15, 0.2) is 0 Å². The lowest BCUT2D eigenvalue weighted by Gasteiger charge is -2.10. The molecule has 0 unspecified atom stereocenters. The third-order valence-electron chi connectivity index (χ3n) is 3.45. The molecule has 6 heteroatoms. The minimum Gasteiger partial charge on any atom is -0.465 e. The molecule has 0 bridgehead atoms. The summed E-state index contributed by atoms with van der Waals surface area (Å²) in [6, 6.07) is 2.05. The van der Waals surface area contributed by atoms with E-state index in [4.69, 9.17) is 11.0 Å². The number of nitrogens with zero attached hydrogens (tertiary/aromatic N) is 1. The van der Waals surface area contributed by atoms with Crippen molar-refractivity contribution in [3.63, 3.8) is 0 Å². The predicted molar refractivity (Wildman–Crippen MR) is 75.2 cm³/mol. The van der Waals surface area contributed by atoms with Crippen LogP contribution in [0.15, 0.2) is 0 Å². The highest BCUT2D eigenvalue weighted by molar-refractivity contribution is 7.18. The number of anilines is 2. The van der Waals surface area contributed by atoms with E-state index in [1.165, 1.54) is 44.1 Å². The number of ether oxygens (including phenoxy) is 1. The SMILES string of the molecule is COC(=O)c1sc(NCC2CCCC2)c(C#N)c1N. The van der Waals surface area contributed by atoms with Crippen LogP contribution < -0.4 is 11.1 Å². The van der Waals surface area contributed by atoms with E-state index in [-0.39, 0.29) is 5.69 Å². The fourth-order valence-electron chi connectivity index (χ4n) is 2.38. The van der Waals surface area contributed by atoms with Crippen molar-refractivity contribution in [3.05, 3.63) is 10.4 Å². The van der Waals surface area contributed by atoms with Crippen molar-refractivity contribution in [2.75, 3.05) is 24.7 Å². The van der Waals surface area contributed by atoms with Gasteiger partial charge in [0.1, 0.15) is 21.5 Å². The predicted octanol–water partition coefficient (Wildman–Crippen LogP) is 2.59. The van der Waals surface area contributed by atoms with Gasteiger partial charge in [0.2, 0.25) is 0 Å². The fourth-order valence-corrected chi connectivity index (χ4v) is 3.37. The molecule has 0 spiro atoms. The van der Waals surface area contributed by atoms with Gasteiger partial charge in [-0.05, 0) is 18.8 Å². The maximum Gasteiger partial charge on any atom is 0.350 e. The average molecular weight is 279 g/mol. The maximum absolute atomic E-state index is 11.5. The molecule has 2 rings (SSSR count). The van der Waals surface area contributed by atoms with Crippen molar-refractivity contribution < 1.29 is 9.53 Å². The summed E-state index contributed by atoms with van der Waals surface area (Å²) in [7, 11) is 1.30. The number of thiophene rings is 1. The molecule has 1 fully saturated rings. The van der Waals surface area contributed by atoms with Crippen molar-refractivity contribution in [2.45, 2.75) is 25.7 Å². The highest BCUT2D eigenvalue weighted by Gasteiger charge is 2.22. The largest absolute Gasteiger partial charge is 0.465 e. The Balaban J connectivity index is 2.15. The Hall–Kier alpha value is -1.74. The second-order valence-electron chi connectivity index (χ2n) is 4.68. The molecule has 3 N–H and O–H groups in total. The van der Waals surface area contributed by atoms with E-state index in [0.29, 0.717) is 21.4 Å². The second-order valence-corrected chi connectivity index (χ2v) is 5.70. The molecule has 0 aromatic carbocycles. The molecule has 0 atom stereocenters. The first-order valence-electron chi connectivity index (χ1n) is 6.32. The zero-order valence-corrected chi connectivity index (χ0v) is 11.7. The second kappa shape index (κ2) is 5.93. The third-order valence-corrected chi connectivity index (χ3v) is 4.60. The number of esters is 1. The van der Waals surface area contributed by atoms with Crippen molar-refractivity contribution in [1.29, 1.82) is 5.26 Å². The number of nitrogens with one attached hydrogen (secondary N) is 1. The van der Waals surface area contributed by atoms with Gasteiger partial charge in [0.25, 0.3) is 0 Å². The Morgan fingerprint density at radius 2 is 2.26 bits per heavy atom. The Labute approximate surface area is 116 Å². The number of hydrogen-bond acceptors (Lipinski definition) is 6. The van der Waals surface area contributed by atoms with Gasteiger partial charge in [-0.3, -0.25) is 0 Å². The number of nitriles is 1. The van der Waals surface area contributed by atoms with Crippen molar-refractivity contribution in [3.8, 4) is 6.07 Å². The van der Waals surface area contributed by atoms with Gasteiger partial charge in [-0.25, -0.2) is 4.79 Å². The molecule has 0 radical (unpaired) electrons. The highest BCUT2D eigenvalue weighted by Crippen LogP contribution is 2.36. The lowest BCUT2D eigenvalue weighted by atomic mass is 10.1. The first-order valence-corrected chi connectivity index (χ1v) is 7.13. The Morgan fingerprint density at radius 3 is 2.84 bits per heavy atom. The molecule has 102 valence electrons. The summed E-state index contributed by atoms with van der Waals surface area (Å²) in [5.74, 6) is 0.157. The van der Waals surface area contributed by atoms with Crippen molar-refractivity contribution in [1.82, 2.24) is 0 Å². The molecular formula is C13H17N3O2S. The zero-order valence-electron chi connectivity index (χ0n) is 10.9. The van der Waals surface area contributed by atoms with Gasteiger partial charge in [0, 0.05) is 6.54 Å². The summed E-state index contributed by atoms with van der Waals surface area (Å²) in [4.78, 5) is 11.8. The van der Waals surface area contributed by atoms with Gasteiger partial charge in [0.05, 0.1) is 12.8 Å². The van der Waals surface area contributed by atoms with Crippen LogP contribution in [0.5, 0.6) is 0 Å². The first-order chi connectivity index (χ1) is 9.17. The van der Waals surface area contributed by atoms with E-state index < -0.39 is 5.97 Å². The molecule has 19 heavy (non-hydrogen) atoms. The Morgan fingerprint density at radius 1 is 1.58 bits per heavy atom. The Bertz CT molecular complexity index is 513. The monoisotopic (exact) mass is 279 g/mol. The number of carbonyl (C=O) groups excluding carboxylic acids is 1. The van der Waals surface area contributed by atoms with Crippen LogP contribution in [-0.2, 0) is 4.74 Å². The standard InChI is InChI=1S/C13H17N3O2S/c1-18-13(17)11-10(15)9(6-14)12(19-11)16-7-8-4-2-3-5-8/h8,16H,2-5,7,15H2,1H3. The van der Waals surface area contributed by atoms with Crippen LogP contribution in [0.1, 0.15) is 40.9 Å². The lowest BCUT2D eigenvalue weighted by Crippen LogP contribution is -2.10. The van der Waals surface area contributed by atoms with Crippen molar-refractivity contribution in [2.24, 2.45) is 5.92 Å². The van der Waals surface area contributed by atoms with Crippen LogP contribution >= 0.6 is 11.3 Å². The van der Waals surface area contributed by atoms with Gasteiger partial charge in [-0.15, -0.1) is 11.3 Å². The summed E-state index contributed by atoms with van der Waals surface area (Å²) in [6.45, 7) is 0.829. The summed E-state index contributed by atoms with van der Waals surface area (Å²) in [5, 5.41) is 13.1. The minimum atomic E-state index is -0.493.